The molecule has 104 heavy (non-hydrogen) atoms. The quantitative estimate of drug-likeness (QED) is 0.0222. The number of hydrogen-bond donors (Lipinski definition) is 3. The van der Waals surface area contributed by atoms with Gasteiger partial charge in [-0.1, -0.05) is 389 Å². The van der Waals surface area contributed by atoms with E-state index in [0.717, 1.165) is 114 Å². The topological polar surface area (TPSA) is 237 Å². The van der Waals surface area contributed by atoms with E-state index in [2.05, 4.69) is 55.4 Å². The predicted octanol–water partition coefficient (Wildman–Crippen LogP) is 25.6. The fraction of sp³-hybridized carbons (Fsp3) is 0.953. The van der Waals surface area contributed by atoms with Crippen molar-refractivity contribution in [2.24, 2.45) is 23.7 Å². The molecule has 0 aliphatic heterocycles. The van der Waals surface area contributed by atoms with Crippen LogP contribution in [0.15, 0.2) is 0 Å². The van der Waals surface area contributed by atoms with Gasteiger partial charge in [0.25, 0.3) is 0 Å². The van der Waals surface area contributed by atoms with Crippen molar-refractivity contribution in [3.05, 3.63) is 0 Å². The maximum absolute atomic E-state index is 13.1. The van der Waals surface area contributed by atoms with Gasteiger partial charge in [0.2, 0.25) is 0 Å². The number of rotatable bonds is 82. The number of phosphoric acid groups is 2. The van der Waals surface area contributed by atoms with Crippen LogP contribution < -0.4 is 0 Å². The Morgan fingerprint density at radius 1 is 0.269 bits per heavy atom. The number of aliphatic hydroxyl groups is 1. The van der Waals surface area contributed by atoms with Crippen LogP contribution in [-0.4, -0.2) is 96.7 Å². The first-order valence-corrected chi connectivity index (χ1v) is 46.7. The van der Waals surface area contributed by atoms with Crippen LogP contribution in [0, 0.1) is 23.7 Å². The van der Waals surface area contributed by atoms with E-state index in [-0.39, 0.29) is 25.7 Å². The smallest absolute Gasteiger partial charge is 0.462 e. The molecule has 618 valence electrons. The van der Waals surface area contributed by atoms with Gasteiger partial charge in [0.15, 0.2) is 12.2 Å². The summed E-state index contributed by atoms with van der Waals surface area (Å²) in [4.78, 5) is 73.2. The second-order valence-electron chi connectivity index (χ2n) is 32.2. The van der Waals surface area contributed by atoms with Crippen molar-refractivity contribution < 1.29 is 80.2 Å². The maximum atomic E-state index is 13.1. The van der Waals surface area contributed by atoms with Crippen LogP contribution in [0.4, 0.5) is 0 Å². The summed E-state index contributed by atoms with van der Waals surface area (Å²) in [5, 5.41) is 10.7. The number of phosphoric ester groups is 2. The third-order valence-electron chi connectivity index (χ3n) is 20.2. The zero-order valence-corrected chi connectivity index (χ0v) is 70.5. The summed E-state index contributed by atoms with van der Waals surface area (Å²) in [6.07, 6.45) is 62.5. The van der Waals surface area contributed by atoms with Gasteiger partial charge in [-0.25, -0.2) is 9.13 Å². The summed E-state index contributed by atoms with van der Waals surface area (Å²) in [6, 6.07) is 0. The van der Waals surface area contributed by atoms with Crippen molar-refractivity contribution in [2.75, 3.05) is 39.6 Å². The van der Waals surface area contributed by atoms with Gasteiger partial charge in [0.1, 0.15) is 19.3 Å². The summed E-state index contributed by atoms with van der Waals surface area (Å²) in [5.41, 5.74) is 0. The lowest BCUT2D eigenvalue weighted by Gasteiger charge is -2.21. The Bertz CT molecular complexity index is 2030. The minimum Gasteiger partial charge on any atom is -0.462 e. The van der Waals surface area contributed by atoms with Gasteiger partial charge in [0, 0.05) is 25.7 Å². The van der Waals surface area contributed by atoms with Crippen LogP contribution >= 0.6 is 15.6 Å². The Morgan fingerprint density at radius 3 is 0.683 bits per heavy atom. The molecule has 0 fully saturated rings. The first kappa shape index (κ1) is 102. The van der Waals surface area contributed by atoms with Gasteiger partial charge in [0.05, 0.1) is 26.4 Å². The van der Waals surface area contributed by atoms with Crippen LogP contribution in [0.2, 0.25) is 0 Å². The van der Waals surface area contributed by atoms with Crippen LogP contribution in [0.1, 0.15) is 441 Å². The zero-order chi connectivity index (χ0) is 76.7. The van der Waals surface area contributed by atoms with E-state index in [4.69, 9.17) is 37.0 Å². The Balaban J connectivity index is 5.24. The zero-order valence-electron chi connectivity index (χ0n) is 68.7. The molecule has 6 atom stereocenters. The van der Waals surface area contributed by atoms with Gasteiger partial charge < -0.3 is 33.8 Å². The van der Waals surface area contributed by atoms with E-state index < -0.39 is 97.5 Å². The molecule has 0 bridgehead atoms. The molecule has 3 N–H and O–H groups in total. The van der Waals surface area contributed by atoms with E-state index in [1.807, 2.05) is 0 Å². The molecule has 0 radical (unpaired) electrons. The second kappa shape index (κ2) is 73.8. The van der Waals surface area contributed by atoms with E-state index in [0.29, 0.717) is 25.7 Å². The Morgan fingerprint density at radius 2 is 0.462 bits per heavy atom. The third-order valence-corrected chi connectivity index (χ3v) is 22.1. The van der Waals surface area contributed by atoms with Gasteiger partial charge >= 0.3 is 39.5 Å². The highest BCUT2D eigenvalue weighted by Crippen LogP contribution is 2.45. The molecule has 0 saturated carbocycles. The highest BCUT2D eigenvalue weighted by atomic mass is 31.2. The van der Waals surface area contributed by atoms with Gasteiger partial charge in [-0.15, -0.1) is 0 Å². The minimum atomic E-state index is -4.97. The molecular weight excluding hydrogens is 1350 g/mol. The molecule has 0 aromatic rings. The van der Waals surface area contributed by atoms with Gasteiger partial charge in [-0.3, -0.25) is 37.3 Å². The molecule has 0 aliphatic carbocycles. The molecule has 0 spiro atoms. The average Bonchev–Trinajstić information content (AvgIpc) is 0.904. The Kier molecular flexibility index (Phi) is 72.5. The summed E-state index contributed by atoms with van der Waals surface area (Å²) < 4.78 is 68.9. The maximum Gasteiger partial charge on any atom is 0.472 e. The summed E-state index contributed by atoms with van der Waals surface area (Å²) in [7, 11) is -9.93. The molecule has 0 aliphatic rings. The van der Waals surface area contributed by atoms with Crippen molar-refractivity contribution in [1.82, 2.24) is 0 Å². The van der Waals surface area contributed by atoms with Crippen molar-refractivity contribution in [1.29, 1.82) is 0 Å². The van der Waals surface area contributed by atoms with Gasteiger partial charge in [-0.05, 0) is 49.4 Å². The third kappa shape index (κ3) is 76.8. The standard InChI is InChI=1S/C85H166O17P2/c1-9-78(8)64-56-48-40-32-23-19-14-12-10-11-13-15-21-25-34-43-51-59-67-84(89)101-80(71-95-82(87)65-57-49-41-33-24-20-17-16-18-22-29-37-45-53-61-75(2)3)73-99-103(91,92)97-69-79(86)70-98-104(93,94)100-74-81(72-96-83(88)66-58-50-42-36-28-31-39-47-55-63-77(6)7)102-85(90)68-60-52-44-35-27-26-30-38-46-54-62-76(4)5/h75-81,86H,9-74H2,1-8H3,(H,91,92)(H,93,94)/t78?,79-,80-,81-/m1/s1. The first-order valence-electron chi connectivity index (χ1n) is 43.7. The summed E-state index contributed by atoms with van der Waals surface area (Å²) in [5.74, 6) is 1.06. The molecule has 0 rings (SSSR count). The van der Waals surface area contributed by atoms with E-state index in [9.17, 15) is 43.2 Å². The number of esters is 4. The molecule has 0 aromatic carbocycles. The summed E-state index contributed by atoms with van der Waals surface area (Å²) >= 11 is 0. The SMILES string of the molecule is CCC(C)CCCCCCCCCCCCCCCCCCCCC(=O)O[C@H](COC(=O)CCCCCCCCCCCCCCCCC(C)C)COP(=O)(O)OC[C@@H](O)COP(=O)(O)OC[C@@H](COC(=O)CCCCCCCCCCCC(C)C)OC(=O)CCCCCCCCCCCCC(C)C. The lowest BCUT2D eigenvalue weighted by molar-refractivity contribution is -0.161. The van der Waals surface area contributed by atoms with E-state index >= 15 is 0 Å². The predicted molar refractivity (Wildman–Crippen MR) is 428 cm³/mol. The first-order chi connectivity index (χ1) is 50.1. The van der Waals surface area contributed by atoms with Crippen LogP contribution in [0.3, 0.4) is 0 Å². The van der Waals surface area contributed by atoms with Crippen LogP contribution in [-0.2, 0) is 65.4 Å². The molecule has 19 heteroatoms. The van der Waals surface area contributed by atoms with Crippen molar-refractivity contribution >= 4 is 39.5 Å². The fourth-order valence-corrected chi connectivity index (χ4v) is 14.7. The largest absolute Gasteiger partial charge is 0.472 e. The highest BCUT2D eigenvalue weighted by molar-refractivity contribution is 7.47. The second-order valence-corrected chi connectivity index (χ2v) is 35.2. The number of hydrogen-bond acceptors (Lipinski definition) is 15. The molecule has 0 amide bonds. The van der Waals surface area contributed by atoms with E-state index in [1.54, 1.807) is 0 Å². The van der Waals surface area contributed by atoms with Crippen LogP contribution in [0.5, 0.6) is 0 Å². The van der Waals surface area contributed by atoms with Crippen molar-refractivity contribution in [2.45, 2.75) is 459 Å². The number of unbranched alkanes of at least 4 members (excludes halogenated alkanes) is 47. The fourth-order valence-electron chi connectivity index (χ4n) is 13.1. The monoisotopic (exact) mass is 1520 g/mol. The molecule has 0 saturated heterocycles. The highest BCUT2D eigenvalue weighted by Gasteiger charge is 2.30. The molecular formula is C85H166O17P2. The minimum absolute atomic E-state index is 0.105. The van der Waals surface area contributed by atoms with Crippen molar-refractivity contribution in [3.8, 4) is 0 Å². The van der Waals surface area contributed by atoms with Gasteiger partial charge in [-0.2, -0.15) is 0 Å². The lowest BCUT2D eigenvalue weighted by Crippen LogP contribution is -2.30. The number of ether oxygens (including phenoxy) is 4. The normalized spacial score (nSPS) is 14.2. The molecule has 3 unspecified atom stereocenters. The molecule has 17 nitrogen and oxygen atoms in total. The molecule has 0 aromatic heterocycles. The van der Waals surface area contributed by atoms with Crippen LogP contribution in [0.25, 0.3) is 0 Å². The van der Waals surface area contributed by atoms with E-state index in [1.165, 1.54) is 244 Å². The molecule has 0 heterocycles. The number of carbonyl (C=O) groups excluding carboxylic acids is 4. The van der Waals surface area contributed by atoms with Crippen molar-refractivity contribution in [3.63, 3.8) is 0 Å². The number of aliphatic hydroxyl groups excluding tert-OH is 1. The summed E-state index contributed by atoms with van der Waals surface area (Å²) in [6.45, 7) is 14.3. The lowest BCUT2D eigenvalue weighted by atomic mass is 9.99. The Hall–Kier alpha value is -1.94. The Labute approximate surface area is 638 Å². The number of carbonyl (C=O) groups is 4. The average molecular weight is 1520 g/mol.